The van der Waals surface area contributed by atoms with Crippen molar-refractivity contribution in [3.63, 3.8) is 0 Å². The number of rotatable bonds is 5. The van der Waals surface area contributed by atoms with Crippen molar-refractivity contribution in [1.29, 1.82) is 0 Å². The SMILES string of the molecule is CCn1nc(C)c(Cl)c1Cn1ccnc1CNC(C)(C)C. The molecule has 6 heteroatoms. The van der Waals surface area contributed by atoms with Crippen LogP contribution in [0.2, 0.25) is 5.02 Å². The van der Waals surface area contributed by atoms with Gasteiger partial charge < -0.3 is 9.88 Å². The molecule has 2 aromatic rings. The van der Waals surface area contributed by atoms with Crippen LogP contribution in [0.4, 0.5) is 0 Å². The Morgan fingerprint density at radius 3 is 2.67 bits per heavy atom. The van der Waals surface area contributed by atoms with Crippen LogP contribution in [0.25, 0.3) is 0 Å². The van der Waals surface area contributed by atoms with Crippen LogP contribution in [-0.2, 0) is 19.6 Å². The topological polar surface area (TPSA) is 47.7 Å². The number of nitrogens with zero attached hydrogens (tertiary/aromatic N) is 4. The quantitative estimate of drug-likeness (QED) is 0.923. The second kappa shape index (κ2) is 6.20. The summed E-state index contributed by atoms with van der Waals surface area (Å²) in [6, 6.07) is 0. The monoisotopic (exact) mass is 309 g/mol. The van der Waals surface area contributed by atoms with E-state index in [-0.39, 0.29) is 5.54 Å². The van der Waals surface area contributed by atoms with Gasteiger partial charge in [-0.15, -0.1) is 0 Å². The fraction of sp³-hybridized carbons (Fsp3) is 0.600. The summed E-state index contributed by atoms with van der Waals surface area (Å²) in [6.07, 6.45) is 3.81. The van der Waals surface area contributed by atoms with Gasteiger partial charge in [0.15, 0.2) is 0 Å². The fourth-order valence-corrected chi connectivity index (χ4v) is 2.37. The van der Waals surface area contributed by atoms with E-state index in [9.17, 15) is 0 Å². The molecule has 1 N–H and O–H groups in total. The summed E-state index contributed by atoms with van der Waals surface area (Å²) in [7, 11) is 0. The molecule has 2 rings (SSSR count). The highest BCUT2D eigenvalue weighted by molar-refractivity contribution is 6.31. The first-order valence-electron chi connectivity index (χ1n) is 7.28. The van der Waals surface area contributed by atoms with E-state index in [0.717, 1.165) is 35.3 Å². The first kappa shape index (κ1) is 16.0. The van der Waals surface area contributed by atoms with E-state index in [4.69, 9.17) is 11.6 Å². The summed E-state index contributed by atoms with van der Waals surface area (Å²) < 4.78 is 4.08. The summed E-state index contributed by atoms with van der Waals surface area (Å²) in [6.45, 7) is 12.7. The smallest absolute Gasteiger partial charge is 0.123 e. The molecule has 0 saturated heterocycles. The average molecular weight is 310 g/mol. The maximum Gasteiger partial charge on any atom is 0.123 e. The number of nitrogens with one attached hydrogen (secondary N) is 1. The van der Waals surface area contributed by atoms with Crippen LogP contribution >= 0.6 is 11.6 Å². The molecular weight excluding hydrogens is 286 g/mol. The third-order valence-electron chi connectivity index (χ3n) is 3.35. The van der Waals surface area contributed by atoms with Crippen LogP contribution in [0, 0.1) is 6.92 Å². The molecule has 0 unspecified atom stereocenters. The highest BCUT2D eigenvalue weighted by atomic mass is 35.5. The highest BCUT2D eigenvalue weighted by Gasteiger charge is 2.15. The standard InChI is InChI=1S/C15H24ClN5/c1-6-21-12(14(16)11(2)19-21)10-20-8-7-17-13(20)9-18-15(3,4)5/h7-8,18H,6,9-10H2,1-5H3. The van der Waals surface area contributed by atoms with Crippen molar-refractivity contribution in [3.8, 4) is 0 Å². The van der Waals surface area contributed by atoms with Gasteiger partial charge >= 0.3 is 0 Å². The zero-order chi connectivity index (χ0) is 15.6. The van der Waals surface area contributed by atoms with Crippen LogP contribution in [0.3, 0.4) is 0 Å². The number of aryl methyl sites for hydroxylation is 2. The zero-order valence-corrected chi connectivity index (χ0v) is 14.2. The van der Waals surface area contributed by atoms with Crippen LogP contribution in [-0.4, -0.2) is 24.9 Å². The van der Waals surface area contributed by atoms with E-state index < -0.39 is 0 Å². The molecular formula is C15H24ClN5. The van der Waals surface area contributed by atoms with Gasteiger partial charge in [-0.05, 0) is 34.6 Å². The van der Waals surface area contributed by atoms with Gasteiger partial charge in [0.1, 0.15) is 5.82 Å². The molecule has 116 valence electrons. The Morgan fingerprint density at radius 1 is 1.33 bits per heavy atom. The molecule has 0 amide bonds. The summed E-state index contributed by atoms with van der Waals surface area (Å²) in [5.41, 5.74) is 1.98. The minimum absolute atomic E-state index is 0.0657. The van der Waals surface area contributed by atoms with E-state index in [2.05, 4.69) is 47.7 Å². The predicted octanol–water partition coefficient (Wildman–Crippen LogP) is 3.00. The van der Waals surface area contributed by atoms with Crippen molar-refractivity contribution in [2.45, 2.75) is 59.8 Å². The van der Waals surface area contributed by atoms with E-state index in [1.807, 2.05) is 24.0 Å². The fourth-order valence-electron chi connectivity index (χ4n) is 2.18. The molecule has 0 bridgehead atoms. The molecule has 5 nitrogen and oxygen atoms in total. The normalized spacial score (nSPS) is 12.1. The minimum Gasteiger partial charge on any atom is -0.328 e. The predicted molar refractivity (Wildman–Crippen MR) is 85.6 cm³/mol. The van der Waals surface area contributed by atoms with Crippen molar-refractivity contribution in [2.24, 2.45) is 0 Å². The van der Waals surface area contributed by atoms with Crippen molar-refractivity contribution >= 4 is 11.6 Å². The molecule has 0 aliphatic heterocycles. The van der Waals surface area contributed by atoms with Gasteiger partial charge in [-0.25, -0.2) is 4.98 Å². The van der Waals surface area contributed by atoms with Crippen LogP contribution < -0.4 is 5.32 Å². The third-order valence-corrected chi connectivity index (χ3v) is 3.84. The molecule has 0 fully saturated rings. The third kappa shape index (κ3) is 3.86. The van der Waals surface area contributed by atoms with Crippen molar-refractivity contribution in [1.82, 2.24) is 24.6 Å². The second-order valence-corrected chi connectivity index (χ2v) is 6.61. The lowest BCUT2D eigenvalue weighted by molar-refractivity contribution is 0.412. The molecule has 2 aromatic heterocycles. The Kier molecular flexibility index (Phi) is 4.74. The summed E-state index contributed by atoms with van der Waals surface area (Å²) in [5.74, 6) is 1.00. The van der Waals surface area contributed by atoms with Gasteiger partial charge in [-0.2, -0.15) is 5.10 Å². The van der Waals surface area contributed by atoms with Crippen LogP contribution in [0.5, 0.6) is 0 Å². The van der Waals surface area contributed by atoms with Gasteiger partial charge in [-0.1, -0.05) is 11.6 Å². The first-order chi connectivity index (χ1) is 9.81. The second-order valence-electron chi connectivity index (χ2n) is 6.24. The molecule has 0 aliphatic rings. The Hall–Kier alpha value is -1.33. The molecule has 2 heterocycles. The van der Waals surface area contributed by atoms with E-state index in [1.54, 1.807) is 0 Å². The number of hydrogen-bond donors (Lipinski definition) is 1. The van der Waals surface area contributed by atoms with Gasteiger partial charge in [0.25, 0.3) is 0 Å². The van der Waals surface area contributed by atoms with Gasteiger partial charge in [0.2, 0.25) is 0 Å². The Bertz CT molecular complexity index is 606. The van der Waals surface area contributed by atoms with E-state index in [0.29, 0.717) is 6.54 Å². The molecule has 0 radical (unpaired) electrons. The number of aromatic nitrogens is 4. The minimum atomic E-state index is 0.0657. The maximum atomic E-state index is 6.38. The Labute approximate surface area is 131 Å². The lowest BCUT2D eigenvalue weighted by Crippen LogP contribution is -2.36. The number of imidazole rings is 1. The molecule has 0 aliphatic carbocycles. The van der Waals surface area contributed by atoms with Gasteiger partial charge in [0.05, 0.1) is 29.5 Å². The highest BCUT2D eigenvalue weighted by Crippen LogP contribution is 2.21. The maximum absolute atomic E-state index is 6.38. The first-order valence-corrected chi connectivity index (χ1v) is 7.66. The molecule has 0 spiro atoms. The molecule has 0 aromatic carbocycles. The molecule has 21 heavy (non-hydrogen) atoms. The lowest BCUT2D eigenvalue weighted by Gasteiger charge is -2.20. The van der Waals surface area contributed by atoms with Gasteiger partial charge in [0, 0.05) is 24.5 Å². The molecule has 0 saturated carbocycles. The Balaban J connectivity index is 2.19. The zero-order valence-electron chi connectivity index (χ0n) is 13.4. The average Bonchev–Trinajstić information content (AvgIpc) is 2.95. The summed E-state index contributed by atoms with van der Waals surface area (Å²) in [5, 5.41) is 8.67. The Morgan fingerprint density at radius 2 is 2.05 bits per heavy atom. The summed E-state index contributed by atoms with van der Waals surface area (Å²) in [4.78, 5) is 4.44. The number of halogens is 1. The summed E-state index contributed by atoms with van der Waals surface area (Å²) >= 11 is 6.38. The van der Waals surface area contributed by atoms with Crippen molar-refractivity contribution in [3.05, 3.63) is 34.6 Å². The van der Waals surface area contributed by atoms with Gasteiger partial charge in [-0.3, -0.25) is 4.68 Å². The van der Waals surface area contributed by atoms with Crippen molar-refractivity contribution in [2.75, 3.05) is 0 Å². The van der Waals surface area contributed by atoms with Crippen LogP contribution in [0.15, 0.2) is 12.4 Å². The van der Waals surface area contributed by atoms with E-state index >= 15 is 0 Å². The van der Waals surface area contributed by atoms with Crippen molar-refractivity contribution < 1.29 is 0 Å². The number of hydrogen-bond acceptors (Lipinski definition) is 3. The largest absolute Gasteiger partial charge is 0.328 e. The molecule has 0 atom stereocenters. The van der Waals surface area contributed by atoms with Crippen LogP contribution in [0.1, 0.15) is 44.9 Å². The van der Waals surface area contributed by atoms with E-state index in [1.165, 1.54) is 0 Å². The lowest BCUT2D eigenvalue weighted by atomic mass is 10.1.